The highest BCUT2D eigenvalue weighted by Gasteiger charge is 2.42. The van der Waals surface area contributed by atoms with Gasteiger partial charge in [-0.2, -0.15) is 0 Å². The average molecular weight is 442 g/mol. The third-order valence-electron chi connectivity index (χ3n) is 6.29. The number of ketones is 1. The molecule has 2 atom stereocenters. The molecule has 6 heteroatoms. The summed E-state index contributed by atoms with van der Waals surface area (Å²) in [5.74, 6) is 0.797. The van der Waals surface area contributed by atoms with E-state index in [1.165, 1.54) is 0 Å². The van der Waals surface area contributed by atoms with Crippen molar-refractivity contribution in [1.82, 2.24) is 5.32 Å². The molecule has 0 saturated heterocycles. The number of para-hydroxylation sites is 2. The molecule has 0 fully saturated rings. The summed E-state index contributed by atoms with van der Waals surface area (Å²) in [6.45, 7) is 2.58. The molecule has 168 valence electrons. The third-order valence-corrected chi connectivity index (χ3v) is 6.29. The fourth-order valence-corrected chi connectivity index (χ4v) is 4.81. The van der Waals surface area contributed by atoms with E-state index in [0.29, 0.717) is 25.0 Å². The third kappa shape index (κ3) is 3.93. The highest BCUT2D eigenvalue weighted by molar-refractivity contribution is 6.06. The molecule has 2 aromatic carbocycles. The van der Waals surface area contributed by atoms with Crippen LogP contribution in [-0.2, 0) is 4.79 Å². The fraction of sp³-hybridized carbons (Fsp3) is 0.259. The number of nitrogens with one attached hydrogen (secondary N) is 2. The zero-order valence-corrected chi connectivity index (χ0v) is 18.6. The molecule has 0 bridgehead atoms. The van der Waals surface area contributed by atoms with E-state index in [9.17, 15) is 9.59 Å². The number of benzene rings is 2. The maximum Gasteiger partial charge on any atom is 0.322 e. The maximum absolute atomic E-state index is 13.7. The zero-order chi connectivity index (χ0) is 22.8. The van der Waals surface area contributed by atoms with E-state index in [0.717, 1.165) is 34.8 Å². The Labute approximate surface area is 193 Å². The van der Waals surface area contributed by atoms with Gasteiger partial charge in [0.2, 0.25) is 0 Å². The lowest BCUT2D eigenvalue weighted by molar-refractivity contribution is -0.116. The molecular weight excluding hydrogens is 414 g/mol. The van der Waals surface area contributed by atoms with E-state index in [4.69, 9.17) is 4.42 Å². The van der Waals surface area contributed by atoms with Gasteiger partial charge in [-0.05, 0) is 42.7 Å². The number of hydrogen-bond donors (Lipinski definition) is 2. The van der Waals surface area contributed by atoms with Gasteiger partial charge in [0.1, 0.15) is 5.76 Å². The van der Waals surface area contributed by atoms with E-state index >= 15 is 0 Å². The molecule has 0 radical (unpaired) electrons. The molecular formula is C27H27N3O3. The summed E-state index contributed by atoms with van der Waals surface area (Å²) in [5.41, 5.74) is 3.95. The Morgan fingerprint density at radius 1 is 1.06 bits per heavy atom. The van der Waals surface area contributed by atoms with E-state index < -0.39 is 6.04 Å². The van der Waals surface area contributed by atoms with Crippen molar-refractivity contribution in [3.05, 3.63) is 95.6 Å². The highest BCUT2D eigenvalue weighted by Crippen LogP contribution is 2.47. The van der Waals surface area contributed by atoms with Crippen LogP contribution in [0.5, 0.6) is 0 Å². The molecule has 3 aromatic rings. The number of fused-ring (bicyclic) bond motifs is 1. The minimum Gasteiger partial charge on any atom is -0.469 e. The van der Waals surface area contributed by atoms with Crippen molar-refractivity contribution in [1.29, 1.82) is 0 Å². The second-order valence-electron chi connectivity index (χ2n) is 8.49. The molecule has 2 aliphatic rings. The Bertz CT molecular complexity index is 1180. The second-order valence-corrected chi connectivity index (χ2v) is 8.49. The Morgan fingerprint density at radius 2 is 1.85 bits per heavy atom. The number of hydrogen-bond acceptors (Lipinski definition) is 4. The van der Waals surface area contributed by atoms with Crippen LogP contribution in [0.3, 0.4) is 0 Å². The minimum atomic E-state index is -0.528. The van der Waals surface area contributed by atoms with Gasteiger partial charge in [0.15, 0.2) is 5.78 Å². The lowest BCUT2D eigenvalue weighted by atomic mass is 9.80. The van der Waals surface area contributed by atoms with Crippen molar-refractivity contribution in [2.24, 2.45) is 0 Å². The van der Waals surface area contributed by atoms with Crippen molar-refractivity contribution in [2.45, 2.75) is 38.1 Å². The number of urea groups is 1. The molecule has 1 aromatic heterocycles. The molecule has 2 heterocycles. The van der Waals surface area contributed by atoms with Crippen molar-refractivity contribution in [3.63, 3.8) is 0 Å². The molecule has 1 aliphatic heterocycles. The van der Waals surface area contributed by atoms with Gasteiger partial charge in [-0.1, -0.05) is 49.4 Å². The van der Waals surface area contributed by atoms with Gasteiger partial charge in [-0.25, -0.2) is 4.79 Å². The van der Waals surface area contributed by atoms with Crippen molar-refractivity contribution >= 4 is 23.2 Å². The molecule has 2 amide bonds. The van der Waals surface area contributed by atoms with Gasteiger partial charge in [-0.3, -0.25) is 9.69 Å². The van der Waals surface area contributed by atoms with Crippen LogP contribution in [0.15, 0.2) is 88.7 Å². The highest BCUT2D eigenvalue weighted by atomic mass is 16.3. The Kier molecular flexibility index (Phi) is 5.73. The summed E-state index contributed by atoms with van der Waals surface area (Å²) in [5, 5.41) is 6.54. The summed E-state index contributed by atoms with van der Waals surface area (Å²) < 4.78 is 5.64. The van der Waals surface area contributed by atoms with Crippen LogP contribution in [0.1, 0.15) is 49.5 Å². The van der Waals surface area contributed by atoms with Gasteiger partial charge in [-0.15, -0.1) is 0 Å². The molecule has 0 spiro atoms. The number of allylic oxidation sites excluding steroid dienone is 1. The van der Waals surface area contributed by atoms with Crippen molar-refractivity contribution in [3.8, 4) is 0 Å². The number of nitrogens with zero attached hydrogens (tertiary/aromatic N) is 1. The minimum absolute atomic E-state index is 0.0279. The number of rotatable bonds is 4. The molecule has 5 rings (SSSR count). The summed E-state index contributed by atoms with van der Waals surface area (Å²) in [4.78, 5) is 29.0. The average Bonchev–Trinajstić information content (AvgIpc) is 3.33. The summed E-state index contributed by atoms with van der Waals surface area (Å²) in [6, 6.07) is 20.6. The van der Waals surface area contributed by atoms with E-state index in [2.05, 4.69) is 10.6 Å². The van der Waals surface area contributed by atoms with Crippen molar-refractivity contribution in [2.75, 3.05) is 16.8 Å². The van der Waals surface area contributed by atoms with Crippen LogP contribution in [0.4, 0.5) is 16.2 Å². The van der Waals surface area contributed by atoms with Crippen LogP contribution in [0, 0.1) is 0 Å². The fourth-order valence-electron chi connectivity index (χ4n) is 4.81. The molecule has 33 heavy (non-hydrogen) atoms. The molecule has 2 N–H and O–H groups in total. The van der Waals surface area contributed by atoms with Gasteiger partial charge in [0, 0.05) is 30.2 Å². The molecule has 1 aliphatic carbocycles. The quantitative estimate of drug-likeness (QED) is 0.539. The molecule has 0 unspecified atom stereocenters. The van der Waals surface area contributed by atoms with E-state index in [1.54, 1.807) is 11.2 Å². The summed E-state index contributed by atoms with van der Waals surface area (Å²) >= 11 is 0. The first-order chi connectivity index (χ1) is 16.2. The standard InChI is InChI=1S/C27H27N3O3/c1-2-14-28-27(32)30-22-12-7-6-11-20(22)29-21-16-19(24-13-8-15-33-24)17-23(31)25(21)26(30)18-9-4-3-5-10-18/h3-13,15,19,26,29H,2,14,16-17H2,1H3,(H,28,32)/t19-,26-/m0/s1. The van der Waals surface area contributed by atoms with Crippen LogP contribution < -0.4 is 15.5 Å². The second kappa shape index (κ2) is 8.98. The predicted octanol–water partition coefficient (Wildman–Crippen LogP) is 5.77. The number of carbonyl (C=O) groups excluding carboxylic acids is 2. The lowest BCUT2D eigenvalue weighted by Gasteiger charge is -2.34. The van der Waals surface area contributed by atoms with Gasteiger partial charge in [0.05, 0.1) is 23.7 Å². The smallest absolute Gasteiger partial charge is 0.322 e. The Hall–Kier alpha value is -3.80. The summed E-state index contributed by atoms with van der Waals surface area (Å²) in [6.07, 6.45) is 3.45. The number of amides is 2. The first-order valence-electron chi connectivity index (χ1n) is 11.4. The van der Waals surface area contributed by atoms with Crippen LogP contribution in [0.25, 0.3) is 0 Å². The van der Waals surface area contributed by atoms with Crippen molar-refractivity contribution < 1.29 is 14.0 Å². The normalized spacial score (nSPS) is 19.9. The lowest BCUT2D eigenvalue weighted by Crippen LogP contribution is -2.44. The first-order valence-corrected chi connectivity index (χ1v) is 11.4. The largest absolute Gasteiger partial charge is 0.469 e. The molecule has 0 saturated carbocycles. The number of furan rings is 1. The maximum atomic E-state index is 13.7. The Balaban J connectivity index is 1.69. The predicted molar refractivity (Wildman–Crippen MR) is 128 cm³/mol. The number of anilines is 2. The van der Waals surface area contributed by atoms with Crippen LogP contribution >= 0.6 is 0 Å². The van der Waals surface area contributed by atoms with Gasteiger partial charge in [0.25, 0.3) is 0 Å². The summed E-state index contributed by atoms with van der Waals surface area (Å²) in [7, 11) is 0. The topological polar surface area (TPSA) is 74.6 Å². The number of Topliss-reactive ketones (excluding diaryl/α,β-unsaturated/α-hetero) is 1. The molecule has 6 nitrogen and oxygen atoms in total. The van der Waals surface area contributed by atoms with Gasteiger partial charge >= 0.3 is 6.03 Å². The SMILES string of the molecule is CCCNC(=O)N1c2ccccc2NC2=C(C(=O)C[C@@H](c3ccco3)C2)[C@@H]1c1ccccc1. The number of carbonyl (C=O) groups is 2. The van der Waals surface area contributed by atoms with Crippen LogP contribution in [0.2, 0.25) is 0 Å². The first kappa shape index (κ1) is 21.1. The monoisotopic (exact) mass is 441 g/mol. The Morgan fingerprint density at radius 3 is 2.61 bits per heavy atom. The van der Waals surface area contributed by atoms with Crippen LogP contribution in [-0.4, -0.2) is 18.4 Å². The van der Waals surface area contributed by atoms with Gasteiger partial charge < -0.3 is 15.1 Å². The zero-order valence-electron chi connectivity index (χ0n) is 18.6. The van der Waals surface area contributed by atoms with E-state index in [-0.39, 0.29) is 17.7 Å². The van der Waals surface area contributed by atoms with E-state index in [1.807, 2.05) is 73.7 Å².